The minimum Gasteiger partial charge on any atom is -0.454 e. The van der Waals surface area contributed by atoms with Crippen molar-refractivity contribution in [2.75, 3.05) is 13.2 Å². The Hall–Kier alpha value is -4.46. The summed E-state index contributed by atoms with van der Waals surface area (Å²) in [7, 11) is 0. The number of fused-ring (bicyclic) bond motifs is 3. The molecule has 2 atom stereocenters. The van der Waals surface area contributed by atoms with Crippen molar-refractivity contribution in [3.8, 4) is 0 Å². The monoisotopic (exact) mass is 606 g/mol. The summed E-state index contributed by atoms with van der Waals surface area (Å²) in [6.45, 7) is 12.2. The first kappa shape index (κ1) is 31.9. The number of furan rings is 1. The fourth-order valence-electron chi connectivity index (χ4n) is 5.55. The van der Waals surface area contributed by atoms with E-state index in [9.17, 15) is 19.8 Å². The zero-order valence-electron chi connectivity index (χ0n) is 26.8. The molecule has 234 valence electrons. The number of nitrogens with one attached hydrogen (secondary N) is 2. The maximum Gasteiger partial charge on any atom is 0.255 e. The van der Waals surface area contributed by atoms with E-state index in [4.69, 9.17) is 4.42 Å². The SMILES string of the molecule is CC(C)(C)c1ccc([C@H](CO)NC(=O)c2cccc3c2oc2c(C(=O)N[C@@H](CO)c4ccc(C(C)(C)C)cc4)cccc23)cc1. The summed E-state index contributed by atoms with van der Waals surface area (Å²) in [4.78, 5) is 27.1. The predicted molar refractivity (Wildman–Crippen MR) is 179 cm³/mol. The second kappa shape index (κ2) is 12.5. The van der Waals surface area contributed by atoms with Crippen molar-refractivity contribution < 1.29 is 24.2 Å². The highest BCUT2D eigenvalue weighted by molar-refractivity contribution is 6.17. The molecule has 0 aliphatic rings. The Kier molecular flexibility index (Phi) is 8.88. The molecule has 4 aromatic carbocycles. The second-order valence-corrected chi connectivity index (χ2v) is 13.6. The number of hydrogen-bond acceptors (Lipinski definition) is 5. The van der Waals surface area contributed by atoms with Crippen molar-refractivity contribution in [2.24, 2.45) is 0 Å². The van der Waals surface area contributed by atoms with Crippen LogP contribution in [0.3, 0.4) is 0 Å². The average Bonchev–Trinajstić information content (AvgIpc) is 3.40. The minimum atomic E-state index is -0.611. The van der Waals surface area contributed by atoms with Gasteiger partial charge in [0, 0.05) is 10.8 Å². The Morgan fingerprint density at radius 3 is 1.27 bits per heavy atom. The molecule has 7 nitrogen and oxygen atoms in total. The smallest absolute Gasteiger partial charge is 0.255 e. The van der Waals surface area contributed by atoms with Crippen LogP contribution in [-0.4, -0.2) is 35.2 Å². The Morgan fingerprint density at radius 1 is 0.600 bits per heavy atom. The molecule has 0 spiro atoms. The van der Waals surface area contributed by atoms with Crippen LogP contribution in [0.25, 0.3) is 21.9 Å². The highest BCUT2D eigenvalue weighted by Crippen LogP contribution is 2.34. The van der Waals surface area contributed by atoms with Crippen molar-refractivity contribution in [1.82, 2.24) is 10.6 Å². The lowest BCUT2D eigenvalue weighted by Gasteiger charge is -2.21. The number of aliphatic hydroxyl groups excluding tert-OH is 2. The van der Waals surface area contributed by atoms with Crippen LogP contribution >= 0.6 is 0 Å². The van der Waals surface area contributed by atoms with Gasteiger partial charge in [-0.2, -0.15) is 0 Å². The quantitative estimate of drug-likeness (QED) is 0.150. The molecule has 0 radical (unpaired) electrons. The van der Waals surface area contributed by atoms with Gasteiger partial charge in [0.05, 0.1) is 36.4 Å². The fraction of sp³-hybridized carbons (Fsp3) is 0.316. The van der Waals surface area contributed by atoms with E-state index in [1.807, 2.05) is 60.7 Å². The molecule has 1 heterocycles. The molecule has 0 aliphatic heterocycles. The lowest BCUT2D eigenvalue weighted by atomic mass is 9.86. The number of amides is 2. The van der Waals surface area contributed by atoms with E-state index in [-0.39, 0.29) is 24.0 Å². The predicted octanol–water partition coefficient (Wildman–Crippen LogP) is 7.11. The third-order valence-electron chi connectivity index (χ3n) is 8.35. The molecule has 5 aromatic rings. The van der Waals surface area contributed by atoms with Gasteiger partial charge in [-0.25, -0.2) is 0 Å². The molecule has 7 heteroatoms. The molecular formula is C38H42N2O5. The van der Waals surface area contributed by atoms with Crippen LogP contribution in [0.15, 0.2) is 89.3 Å². The maximum absolute atomic E-state index is 13.6. The molecule has 0 saturated carbocycles. The van der Waals surface area contributed by atoms with Crippen LogP contribution in [-0.2, 0) is 10.8 Å². The summed E-state index contributed by atoms with van der Waals surface area (Å²) in [5.74, 6) is -0.799. The minimum absolute atomic E-state index is 0.0140. The Balaban J connectivity index is 1.42. The standard InChI is InChI=1S/C38H42N2O5/c1-37(2,3)25-17-13-23(14-18-25)31(21-41)39-35(43)29-11-7-9-27-28-10-8-12-30(34(28)45-33(27)29)36(44)40-32(22-42)24-15-19-26(20-16-24)38(4,5)6/h7-20,31-32,41-42H,21-22H2,1-6H3,(H,39,43)(H,40,44)/t31-,32-/m0/s1. The number of rotatable bonds is 8. The van der Waals surface area contributed by atoms with Crippen LogP contribution in [0.4, 0.5) is 0 Å². The van der Waals surface area contributed by atoms with Crippen LogP contribution < -0.4 is 10.6 Å². The highest BCUT2D eigenvalue weighted by atomic mass is 16.3. The zero-order valence-corrected chi connectivity index (χ0v) is 26.8. The van der Waals surface area contributed by atoms with Gasteiger partial charge in [-0.3, -0.25) is 9.59 Å². The van der Waals surface area contributed by atoms with Crippen molar-refractivity contribution >= 4 is 33.8 Å². The number of aliphatic hydroxyl groups is 2. The van der Waals surface area contributed by atoms with Gasteiger partial charge in [0.15, 0.2) is 0 Å². The maximum atomic E-state index is 13.6. The summed E-state index contributed by atoms with van der Waals surface area (Å²) in [5, 5.41) is 27.6. The van der Waals surface area contributed by atoms with Gasteiger partial charge >= 0.3 is 0 Å². The van der Waals surface area contributed by atoms with E-state index in [1.165, 1.54) is 0 Å². The van der Waals surface area contributed by atoms with Crippen molar-refractivity contribution in [3.63, 3.8) is 0 Å². The Bertz CT molecular complexity index is 1690. The van der Waals surface area contributed by atoms with Crippen LogP contribution in [0.1, 0.15) is 96.6 Å². The van der Waals surface area contributed by atoms with Crippen molar-refractivity contribution in [2.45, 2.75) is 64.5 Å². The third kappa shape index (κ3) is 6.65. The van der Waals surface area contributed by atoms with Gasteiger partial charge in [-0.15, -0.1) is 0 Å². The van der Waals surface area contributed by atoms with E-state index in [0.29, 0.717) is 33.1 Å². The molecule has 0 saturated heterocycles. The molecular weight excluding hydrogens is 564 g/mol. The van der Waals surface area contributed by atoms with Crippen LogP contribution in [0.5, 0.6) is 0 Å². The first-order valence-corrected chi connectivity index (χ1v) is 15.3. The van der Waals surface area contributed by atoms with Gasteiger partial charge in [-0.05, 0) is 45.2 Å². The van der Waals surface area contributed by atoms with Gasteiger partial charge < -0.3 is 25.3 Å². The molecule has 0 bridgehead atoms. The number of carbonyl (C=O) groups is 2. The Labute approximate surface area is 264 Å². The summed E-state index contributed by atoms with van der Waals surface area (Å²) >= 11 is 0. The number of benzene rings is 4. The molecule has 2 amide bonds. The topological polar surface area (TPSA) is 112 Å². The third-order valence-corrected chi connectivity index (χ3v) is 8.35. The molecule has 4 N–H and O–H groups in total. The Morgan fingerprint density at radius 2 is 0.956 bits per heavy atom. The van der Waals surface area contributed by atoms with E-state index >= 15 is 0 Å². The summed E-state index contributed by atoms with van der Waals surface area (Å²) in [5.41, 5.74) is 5.17. The van der Waals surface area contributed by atoms with Gasteiger partial charge in [-0.1, -0.05) is 114 Å². The van der Waals surface area contributed by atoms with Crippen LogP contribution in [0.2, 0.25) is 0 Å². The average molecular weight is 607 g/mol. The first-order chi connectivity index (χ1) is 21.3. The molecule has 0 fully saturated rings. The highest BCUT2D eigenvalue weighted by Gasteiger charge is 2.24. The van der Waals surface area contributed by atoms with Crippen molar-refractivity contribution in [1.29, 1.82) is 0 Å². The van der Waals surface area contributed by atoms with Gasteiger partial charge in [0.25, 0.3) is 11.8 Å². The zero-order chi connectivity index (χ0) is 32.5. The number of para-hydroxylation sites is 2. The van der Waals surface area contributed by atoms with Crippen molar-refractivity contribution in [3.05, 3.63) is 118 Å². The molecule has 5 rings (SSSR count). The lowest BCUT2D eigenvalue weighted by Crippen LogP contribution is -2.31. The molecule has 0 unspecified atom stereocenters. The van der Waals surface area contributed by atoms with E-state index in [1.54, 1.807) is 24.3 Å². The summed E-state index contributed by atoms with van der Waals surface area (Å²) in [6, 6.07) is 25.1. The number of carbonyl (C=O) groups excluding carboxylic acids is 2. The van der Waals surface area contributed by atoms with E-state index < -0.39 is 23.9 Å². The van der Waals surface area contributed by atoms with Gasteiger partial charge in [0.2, 0.25) is 0 Å². The number of hydrogen-bond donors (Lipinski definition) is 4. The van der Waals surface area contributed by atoms with Crippen LogP contribution in [0, 0.1) is 0 Å². The van der Waals surface area contributed by atoms with E-state index in [2.05, 4.69) is 52.2 Å². The molecule has 0 aliphatic carbocycles. The normalized spacial score (nSPS) is 13.5. The molecule has 1 aromatic heterocycles. The lowest BCUT2D eigenvalue weighted by molar-refractivity contribution is 0.0911. The molecule has 45 heavy (non-hydrogen) atoms. The van der Waals surface area contributed by atoms with Gasteiger partial charge in [0.1, 0.15) is 11.2 Å². The summed E-state index contributed by atoms with van der Waals surface area (Å²) in [6.07, 6.45) is 0. The largest absolute Gasteiger partial charge is 0.454 e. The van der Waals surface area contributed by atoms with E-state index in [0.717, 1.165) is 22.3 Å². The second-order valence-electron chi connectivity index (χ2n) is 13.6. The first-order valence-electron chi connectivity index (χ1n) is 15.3. The summed E-state index contributed by atoms with van der Waals surface area (Å²) < 4.78 is 6.26. The fourth-order valence-corrected chi connectivity index (χ4v) is 5.55.